The third kappa shape index (κ3) is 3.64. The van der Waals surface area contributed by atoms with Crippen molar-refractivity contribution < 1.29 is 0 Å². The van der Waals surface area contributed by atoms with Crippen LogP contribution in [0.25, 0.3) is 11.0 Å². The number of aromatic nitrogens is 2. The van der Waals surface area contributed by atoms with E-state index in [1.54, 1.807) is 0 Å². The number of rotatable bonds is 6. The average Bonchev–Trinajstić information content (AvgIpc) is 2.66. The molecule has 0 saturated carbocycles. The minimum absolute atomic E-state index is 0.241. The van der Waals surface area contributed by atoms with Crippen molar-refractivity contribution >= 4 is 34.9 Å². The van der Waals surface area contributed by atoms with Gasteiger partial charge in [0.05, 0.1) is 11.0 Å². The van der Waals surface area contributed by atoms with E-state index in [1.807, 2.05) is 18.2 Å². The normalized spacial score (nSPS) is 12.2. The second kappa shape index (κ2) is 6.31. The molecule has 4 heteroatoms. The second-order valence-electron chi connectivity index (χ2n) is 6.30. The third-order valence-corrected chi connectivity index (χ3v) is 4.34. The van der Waals surface area contributed by atoms with Gasteiger partial charge in [-0.15, -0.1) is 0 Å². The molecule has 2 rings (SSSR count). The maximum absolute atomic E-state index is 6.11. The molecule has 1 aromatic heterocycles. The van der Waals surface area contributed by atoms with Gasteiger partial charge in [0.1, 0.15) is 0 Å². The smallest absolute Gasteiger partial charge is 0.178 e. The van der Waals surface area contributed by atoms with E-state index in [9.17, 15) is 0 Å². The van der Waals surface area contributed by atoms with Gasteiger partial charge in [-0.1, -0.05) is 51.6 Å². The fraction of sp³-hybridized carbons (Fsp3) is 0.562. The number of unbranched alkanes of at least 4 members (excludes halogenated alkanes) is 2. The Bertz CT molecular complexity index is 639. The van der Waals surface area contributed by atoms with Crippen LogP contribution in [0.3, 0.4) is 0 Å². The molecule has 1 aromatic carbocycles. The molecule has 0 amide bonds. The summed E-state index contributed by atoms with van der Waals surface area (Å²) >= 11 is 11.6. The monoisotopic (exact) mass is 310 g/mol. The minimum atomic E-state index is 0.241. The number of H-pyrrole nitrogens is 1. The molecule has 2 aromatic rings. The molecule has 0 aliphatic carbocycles. The Balaban J connectivity index is 2.26. The summed E-state index contributed by atoms with van der Waals surface area (Å²) in [6, 6.07) is 5.88. The van der Waals surface area contributed by atoms with Gasteiger partial charge in [0.25, 0.3) is 0 Å². The molecule has 2 nitrogen and oxygen atoms in total. The van der Waals surface area contributed by atoms with Gasteiger partial charge in [0.2, 0.25) is 0 Å². The van der Waals surface area contributed by atoms with Crippen molar-refractivity contribution in [3.63, 3.8) is 0 Å². The van der Waals surface area contributed by atoms with Gasteiger partial charge in [0.15, 0.2) is 4.77 Å². The standard InChI is InChI=1S/C16H23ClN2S/c1-4-5-6-9-16(2,3)11-19-14-10-12(17)7-8-13(14)18-15(19)20/h7-8,10H,4-6,9,11H2,1-3H3,(H,18,20). The summed E-state index contributed by atoms with van der Waals surface area (Å²) in [6.07, 6.45) is 5.06. The second-order valence-corrected chi connectivity index (χ2v) is 7.12. The fourth-order valence-electron chi connectivity index (χ4n) is 2.64. The molecule has 0 bridgehead atoms. The largest absolute Gasteiger partial charge is 0.331 e. The quantitative estimate of drug-likeness (QED) is 0.516. The topological polar surface area (TPSA) is 20.7 Å². The van der Waals surface area contributed by atoms with Gasteiger partial charge >= 0.3 is 0 Å². The molecule has 0 saturated heterocycles. The van der Waals surface area contributed by atoms with Crippen molar-refractivity contribution in [2.24, 2.45) is 5.41 Å². The predicted molar refractivity (Wildman–Crippen MR) is 90.1 cm³/mol. The van der Waals surface area contributed by atoms with Crippen LogP contribution >= 0.6 is 23.8 Å². The van der Waals surface area contributed by atoms with E-state index in [0.717, 1.165) is 27.4 Å². The summed E-state index contributed by atoms with van der Waals surface area (Å²) in [4.78, 5) is 3.26. The first kappa shape index (κ1) is 15.6. The van der Waals surface area contributed by atoms with E-state index >= 15 is 0 Å². The van der Waals surface area contributed by atoms with E-state index in [4.69, 9.17) is 23.8 Å². The van der Waals surface area contributed by atoms with Crippen LogP contribution in [-0.4, -0.2) is 9.55 Å². The first-order chi connectivity index (χ1) is 9.43. The van der Waals surface area contributed by atoms with Crippen LogP contribution in [0, 0.1) is 10.2 Å². The first-order valence-electron chi connectivity index (χ1n) is 7.31. The highest BCUT2D eigenvalue weighted by Crippen LogP contribution is 2.29. The average molecular weight is 311 g/mol. The number of hydrogen-bond donors (Lipinski definition) is 1. The zero-order valence-electron chi connectivity index (χ0n) is 12.5. The Hall–Kier alpha value is -0.800. The van der Waals surface area contributed by atoms with E-state index in [-0.39, 0.29) is 5.41 Å². The number of hydrogen-bond acceptors (Lipinski definition) is 1. The molecule has 1 heterocycles. The number of imidazole rings is 1. The molecule has 110 valence electrons. The van der Waals surface area contributed by atoms with Gasteiger partial charge in [-0.25, -0.2) is 0 Å². The van der Waals surface area contributed by atoms with Gasteiger partial charge in [-0.3, -0.25) is 0 Å². The molecule has 0 radical (unpaired) electrons. The number of benzene rings is 1. The lowest BCUT2D eigenvalue weighted by atomic mass is 9.87. The lowest BCUT2D eigenvalue weighted by molar-refractivity contribution is 0.273. The van der Waals surface area contributed by atoms with Crippen LogP contribution in [0.2, 0.25) is 5.02 Å². The molecule has 0 aliphatic heterocycles. The van der Waals surface area contributed by atoms with Crippen molar-refractivity contribution in [1.82, 2.24) is 9.55 Å². The van der Waals surface area contributed by atoms with Gasteiger partial charge in [0, 0.05) is 11.6 Å². The maximum atomic E-state index is 6.11. The first-order valence-corrected chi connectivity index (χ1v) is 8.10. The molecule has 0 fully saturated rings. The molecule has 0 aliphatic rings. The third-order valence-electron chi connectivity index (χ3n) is 3.78. The van der Waals surface area contributed by atoms with Crippen LogP contribution in [0.1, 0.15) is 46.5 Å². The van der Waals surface area contributed by atoms with E-state index in [1.165, 1.54) is 25.7 Å². The number of nitrogens with one attached hydrogen (secondary N) is 1. The van der Waals surface area contributed by atoms with Crippen LogP contribution in [0.4, 0.5) is 0 Å². The van der Waals surface area contributed by atoms with E-state index < -0.39 is 0 Å². The number of nitrogens with zero attached hydrogens (tertiary/aromatic N) is 1. The zero-order valence-corrected chi connectivity index (χ0v) is 14.1. The zero-order chi connectivity index (χ0) is 14.8. The number of fused-ring (bicyclic) bond motifs is 1. The van der Waals surface area contributed by atoms with Crippen molar-refractivity contribution in [3.8, 4) is 0 Å². The molecule has 0 spiro atoms. The number of halogens is 1. The molecule has 1 N–H and O–H groups in total. The van der Waals surface area contributed by atoms with Crippen molar-refractivity contribution in [2.75, 3.05) is 0 Å². The summed E-state index contributed by atoms with van der Waals surface area (Å²) in [5.74, 6) is 0. The summed E-state index contributed by atoms with van der Waals surface area (Å²) in [5.41, 5.74) is 2.40. The highest BCUT2D eigenvalue weighted by atomic mass is 35.5. The predicted octanol–water partition coefficient (Wildman–Crippen LogP) is 5.96. The summed E-state index contributed by atoms with van der Waals surface area (Å²) in [5, 5.41) is 0.754. The molecular weight excluding hydrogens is 288 g/mol. The molecular formula is C16H23ClN2S. The lowest BCUT2D eigenvalue weighted by Crippen LogP contribution is -2.19. The highest BCUT2D eigenvalue weighted by Gasteiger charge is 2.20. The summed E-state index contributed by atoms with van der Waals surface area (Å²) < 4.78 is 2.97. The Kier molecular flexibility index (Phi) is 4.92. The van der Waals surface area contributed by atoms with Gasteiger partial charge in [-0.2, -0.15) is 0 Å². The van der Waals surface area contributed by atoms with Crippen LogP contribution < -0.4 is 0 Å². The van der Waals surface area contributed by atoms with Crippen molar-refractivity contribution in [1.29, 1.82) is 0 Å². The maximum Gasteiger partial charge on any atom is 0.178 e. The number of aromatic amines is 1. The van der Waals surface area contributed by atoms with Gasteiger partial charge in [-0.05, 0) is 42.3 Å². The van der Waals surface area contributed by atoms with Gasteiger partial charge < -0.3 is 9.55 Å². The Morgan fingerprint density at radius 1 is 1.30 bits per heavy atom. The Morgan fingerprint density at radius 2 is 2.05 bits per heavy atom. The van der Waals surface area contributed by atoms with Crippen LogP contribution in [0.15, 0.2) is 18.2 Å². The molecule has 0 atom stereocenters. The lowest BCUT2D eigenvalue weighted by Gasteiger charge is -2.25. The summed E-state index contributed by atoms with van der Waals surface area (Å²) in [6.45, 7) is 7.79. The van der Waals surface area contributed by atoms with Crippen LogP contribution in [-0.2, 0) is 6.54 Å². The Labute approximate surface area is 131 Å². The van der Waals surface area contributed by atoms with E-state index in [2.05, 4.69) is 30.3 Å². The summed E-state index contributed by atoms with van der Waals surface area (Å²) in [7, 11) is 0. The molecule has 20 heavy (non-hydrogen) atoms. The van der Waals surface area contributed by atoms with Crippen molar-refractivity contribution in [3.05, 3.63) is 28.0 Å². The fourth-order valence-corrected chi connectivity index (χ4v) is 3.08. The highest BCUT2D eigenvalue weighted by molar-refractivity contribution is 7.71. The Morgan fingerprint density at radius 3 is 2.75 bits per heavy atom. The molecule has 0 unspecified atom stereocenters. The van der Waals surface area contributed by atoms with Crippen LogP contribution in [0.5, 0.6) is 0 Å². The minimum Gasteiger partial charge on any atom is -0.331 e. The van der Waals surface area contributed by atoms with Crippen molar-refractivity contribution in [2.45, 2.75) is 53.0 Å². The SMILES string of the molecule is CCCCCC(C)(C)Cn1c(=S)[nH]c2ccc(Cl)cc21. The van der Waals surface area contributed by atoms with E-state index in [0.29, 0.717) is 0 Å².